The van der Waals surface area contributed by atoms with Gasteiger partial charge in [0.2, 0.25) is 0 Å². The van der Waals surface area contributed by atoms with E-state index < -0.39 is 12.1 Å². The fourth-order valence-corrected chi connectivity index (χ4v) is 1.12. The summed E-state index contributed by atoms with van der Waals surface area (Å²) in [6.07, 6.45) is -5.08. The average molecular weight is 285 g/mol. The molecule has 0 atom stereocenters. The quantitative estimate of drug-likeness (QED) is 0.418. The van der Waals surface area contributed by atoms with Crippen LogP contribution in [0.25, 0.3) is 0 Å². The first-order valence-corrected chi connectivity index (χ1v) is 4.82. The van der Waals surface area contributed by atoms with Crippen LogP contribution >= 0.6 is 0 Å². The fraction of sp³-hybridized carbons (Fsp3) is 0.625. The molecule has 0 saturated carbocycles. The number of urea groups is 1. The molecule has 1 rings (SSSR count). The van der Waals surface area contributed by atoms with E-state index in [0.29, 0.717) is 13.3 Å². The van der Waals surface area contributed by atoms with Crippen molar-refractivity contribution in [3.8, 4) is 0 Å². The highest BCUT2D eigenvalue weighted by Crippen LogP contribution is 2.13. The predicted octanol–water partition coefficient (Wildman–Crippen LogP) is -0.273. The number of nitrogens with zero attached hydrogens (tertiary/aromatic N) is 3. The van der Waals surface area contributed by atoms with Crippen molar-refractivity contribution in [2.75, 3.05) is 27.4 Å². The van der Waals surface area contributed by atoms with Gasteiger partial charge < -0.3 is 25.5 Å². The van der Waals surface area contributed by atoms with E-state index >= 15 is 0 Å². The van der Waals surface area contributed by atoms with Gasteiger partial charge in [-0.3, -0.25) is 5.41 Å². The zero-order valence-electron chi connectivity index (χ0n) is 10.2. The zero-order chi connectivity index (χ0) is 15.4. The van der Waals surface area contributed by atoms with Gasteiger partial charge in [0.25, 0.3) is 0 Å². The van der Waals surface area contributed by atoms with Crippen LogP contribution in [0.2, 0.25) is 0 Å². The number of carboxylic acids is 1. The number of nitrogens with one attached hydrogen (secondary N) is 1. The fourth-order valence-electron chi connectivity index (χ4n) is 1.12. The van der Waals surface area contributed by atoms with Crippen LogP contribution in [0.1, 0.15) is 0 Å². The normalized spacial score (nSPS) is 15.8. The molecular formula is C8H14F3N5O3. The Morgan fingerprint density at radius 2 is 1.63 bits per heavy atom. The number of aliphatic carboxylic acids is 1. The van der Waals surface area contributed by atoms with Crippen LogP contribution in [0.4, 0.5) is 18.0 Å². The molecule has 0 unspecified atom stereocenters. The molecule has 1 aliphatic heterocycles. The third-order valence-electron chi connectivity index (χ3n) is 2.00. The predicted molar refractivity (Wildman–Crippen MR) is 58.1 cm³/mol. The Balaban J connectivity index is 0.000000399. The molecule has 11 heteroatoms. The van der Waals surface area contributed by atoms with Gasteiger partial charge in [0.1, 0.15) is 0 Å². The van der Waals surface area contributed by atoms with Crippen LogP contribution in [0, 0.1) is 5.41 Å². The monoisotopic (exact) mass is 285 g/mol. The molecule has 0 aromatic carbocycles. The second kappa shape index (κ2) is 6.11. The molecule has 1 aliphatic rings. The third-order valence-corrected chi connectivity index (χ3v) is 2.00. The number of guanidine groups is 1. The lowest BCUT2D eigenvalue weighted by molar-refractivity contribution is -0.192. The van der Waals surface area contributed by atoms with Gasteiger partial charge in [0.15, 0.2) is 5.96 Å². The first kappa shape index (κ1) is 16.8. The summed E-state index contributed by atoms with van der Waals surface area (Å²) in [5.74, 6) is -2.77. The van der Waals surface area contributed by atoms with E-state index in [1.54, 1.807) is 19.0 Å². The van der Waals surface area contributed by atoms with E-state index in [1.165, 1.54) is 9.80 Å². The number of alkyl halides is 3. The standard InChI is InChI=1S/C6H13N5O.C2HF3O2/c1-9-3-11(5(7)8)4-10(2)6(9)12;3-2(4,5)1(6)7/h3-4H2,1-2H3,(H3,7,8);(H,6,7). The molecule has 2 amide bonds. The molecule has 0 bridgehead atoms. The molecule has 1 saturated heterocycles. The molecule has 0 aliphatic carbocycles. The summed E-state index contributed by atoms with van der Waals surface area (Å²) in [7, 11) is 3.35. The second-order valence-corrected chi connectivity index (χ2v) is 3.69. The number of nitrogens with two attached hydrogens (primary N) is 1. The van der Waals surface area contributed by atoms with Crippen molar-refractivity contribution in [1.82, 2.24) is 14.7 Å². The number of carboxylic acid groups (broad SMARTS) is 1. The molecule has 0 radical (unpaired) electrons. The van der Waals surface area contributed by atoms with Gasteiger partial charge in [-0.05, 0) is 0 Å². The molecule has 1 heterocycles. The Morgan fingerprint density at radius 1 is 1.32 bits per heavy atom. The lowest BCUT2D eigenvalue weighted by Crippen LogP contribution is -2.58. The minimum absolute atomic E-state index is 0.0128. The van der Waals surface area contributed by atoms with Crippen LogP contribution < -0.4 is 5.73 Å². The largest absolute Gasteiger partial charge is 0.490 e. The lowest BCUT2D eigenvalue weighted by atomic mass is 10.5. The van der Waals surface area contributed by atoms with Crippen molar-refractivity contribution in [2.45, 2.75) is 6.18 Å². The molecule has 4 N–H and O–H groups in total. The first-order chi connectivity index (χ1) is 8.46. The van der Waals surface area contributed by atoms with Crippen molar-refractivity contribution >= 4 is 18.0 Å². The number of rotatable bonds is 0. The molecule has 0 aromatic heterocycles. The number of halogens is 3. The Morgan fingerprint density at radius 3 is 1.84 bits per heavy atom. The van der Waals surface area contributed by atoms with Gasteiger partial charge in [0, 0.05) is 14.1 Å². The number of carbonyl (C=O) groups is 2. The van der Waals surface area contributed by atoms with E-state index in [4.69, 9.17) is 21.0 Å². The smallest absolute Gasteiger partial charge is 0.475 e. The summed E-state index contributed by atoms with van der Waals surface area (Å²) in [5.41, 5.74) is 5.28. The molecule has 0 spiro atoms. The van der Waals surface area contributed by atoms with Crippen LogP contribution in [-0.2, 0) is 4.79 Å². The summed E-state index contributed by atoms with van der Waals surface area (Å²) in [4.78, 5) is 24.7. The maximum Gasteiger partial charge on any atom is 0.490 e. The zero-order valence-corrected chi connectivity index (χ0v) is 10.2. The van der Waals surface area contributed by atoms with E-state index in [-0.39, 0.29) is 12.0 Å². The summed E-state index contributed by atoms with van der Waals surface area (Å²) < 4.78 is 31.7. The SMILES string of the molecule is CN1CN(C(=N)N)CN(C)C1=O.O=C(O)C(F)(F)F. The van der Waals surface area contributed by atoms with Crippen LogP contribution in [-0.4, -0.2) is 71.4 Å². The van der Waals surface area contributed by atoms with Gasteiger partial charge in [-0.15, -0.1) is 0 Å². The highest BCUT2D eigenvalue weighted by molar-refractivity contribution is 5.79. The number of hydrogen-bond acceptors (Lipinski definition) is 3. The molecule has 8 nitrogen and oxygen atoms in total. The maximum absolute atomic E-state index is 11.2. The second-order valence-electron chi connectivity index (χ2n) is 3.69. The Labute approximate surface area is 106 Å². The number of carbonyl (C=O) groups excluding carboxylic acids is 1. The maximum atomic E-state index is 11.2. The number of hydrogen-bond donors (Lipinski definition) is 3. The average Bonchev–Trinajstić information content (AvgIpc) is 2.24. The molecule has 19 heavy (non-hydrogen) atoms. The van der Waals surface area contributed by atoms with Gasteiger partial charge >= 0.3 is 18.2 Å². The van der Waals surface area contributed by atoms with E-state index in [1.807, 2.05) is 0 Å². The molecule has 1 fully saturated rings. The molecule has 110 valence electrons. The van der Waals surface area contributed by atoms with E-state index in [2.05, 4.69) is 0 Å². The van der Waals surface area contributed by atoms with Crippen molar-refractivity contribution < 1.29 is 27.9 Å². The summed E-state index contributed by atoms with van der Waals surface area (Å²) >= 11 is 0. The van der Waals surface area contributed by atoms with Crippen molar-refractivity contribution in [3.63, 3.8) is 0 Å². The Kier molecular flexibility index (Phi) is 5.40. The van der Waals surface area contributed by atoms with Gasteiger partial charge in [-0.1, -0.05) is 0 Å². The minimum Gasteiger partial charge on any atom is -0.475 e. The van der Waals surface area contributed by atoms with Crippen LogP contribution in [0.15, 0.2) is 0 Å². The Hall–Kier alpha value is -2.20. The van der Waals surface area contributed by atoms with Crippen LogP contribution in [0.5, 0.6) is 0 Å². The summed E-state index contributed by atoms with van der Waals surface area (Å²) in [6.45, 7) is 0.775. The van der Waals surface area contributed by atoms with Crippen LogP contribution in [0.3, 0.4) is 0 Å². The van der Waals surface area contributed by atoms with E-state index in [9.17, 15) is 18.0 Å². The third kappa shape index (κ3) is 5.31. The van der Waals surface area contributed by atoms with Crippen molar-refractivity contribution in [3.05, 3.63) is 0 Å². The van der Waals surface area contributed by atoms with Gasteiger partial charge in [-0.2, -0.15) is 13.2 Å². The van der Waals surface area contributed by atoms with E-state index in [0.717, 1.165) is 0 Å². The highest BCUT2D eigenvalue weighted by atomic mass is 19.4. The highest BCUT2D eigenvalue weighted by Gasteiger charge is 2.38. The van der Waals surface area contributed by atoms with Crippen molar-refractivity contribution in [2.24, 2.45) is 5.73 Å². The summed E-state index contributed by atoms with van der Waals surface area (Å²) in [6, 6.07) is -0.0486. The summed E-state index contributed by atoms with van der Waals surface area (Å²) in [5, 5.41) is 14.3. The number of amides is 2. The Bertz CT molecular complexity index is 359. The molecule has 0 aromatic rings. The topological polar surface area (TPSA) is 114 Å². The first-order valence-electron chi connectivity index (χ1n) is 4.82. The lowest BCUT2D eigenvalue weighted by Gasteiger charge is -2.38. The minimum atomic E-state index is -5.08. The van der Waals surface area contributed by atoms with Gasteiger partial charge in [-0.25, -0.2) is 9.59 Å². The van der Waals surface area contributed by atoms with Crippen molar-refractivity contribution in [1.29, 1.82) is 5.41 Å². The van der Waals surface area contributed by atoms with Gasteiger partial charge in [0.05, 0.1) is 13.3 Å². The molecular weight excluding hydrogens is 271 g/mol.